The lowest BCUT2D eigenvalue weighted by atomic mass is 9.81. The van der Waals surface area contributed by atoms with Crippen molar-refractivity contribution in [2.24, 2.45) is 17.3 Å². The first kappa shape index (κ1) is 37.2. The number of ether oxygens (including phenoxy) is 2. The van der Waals surface area contributed by atoms with Crippen LogP contribution in [0.3, 0.4) is 0 Å². The summed E-state index contributed by atoms with van der Waals surface area (Å²) in [6.07, 6.45) is 11.3. The molecule has 4 fully saturated rings. The Hall–Kier alpha value is -3.02. The molecule has 1 aliphatic heterocycles. The number of carbonyl (C=O) groups is 2. The largest absolute Gasteiger partial charge is 0.444 e. The molecule has 3 saturated carbocycles. The van der Waals surface area contributed by atoms with E-state index in [1.807, 2.05) is 57.4 Å². The highest BCUT2D eigenvalue weighted by atomic mass is 16.6. The number of nitrogens with two attached hydrogens (primary N) is 1. The highest BCUT2D eigenvalue weighted by Gasteiger charge is 2.49. The van der Waals surface area contributed by atoms with Crippen LogP contribution in [0.15, 0.2) is 6.07 Å². The van der Waals surface area contributed by atoms with Gasteiger partial charge in [-0.15, -0.1) is 0 Å². The van der Waals surface area contributed by atoms with Crippen molar-refractivity contribution < 1.29 is 19.1 Å². The Labute approximate surface area is 294 Å². The van der Waals surface area contributed by atoms with Gasteiger partial charge in [0.1, 0.15) is 22.8 Å². The molecule has 0 aromatic carbocycles. The van der Waals surface area contributed by atoms with E-state index in [0.29, 0.717) is 43.2 Å². The number of rotatable bonds is 11. The molecule has 4 N–H and O–H groups in total. The summed E-state index contributed by atoms with van der Waals surface area (Å²) in [6, 6.07) is 2.06. The quantitative estimate of drug-likeness (QED) is 0.244. The number of hydrogen-bond donors (Lipinski definition) is 3. The Morgan fingerprint density at radius 3 is 2.12 bits per heavy atom. The first-order valence-corrected chi connectivity index (χ1v) is 19.0. The molecule has 276 valence electrons. The average Bonchev–Trinajstić information content (AvgIpc) is 3.81. The SMILES string of the molecule is CC(C)(C)OC(=O)N(CC1CCC(CNc2nc(N)cc(N3CCNCC3)n2)CC1)CC1(CN(C(=O)OC(C)(C)C)C2CCCCC2)CC1. The molecule has 5 rings (SSSR count). The Balaban J connectivity index is 1.18. The Morgan fingerprint density at radius 1 is 0.898 bits per heavy atom. The molecule has 12 nitrogen and oxygen atoms in total. The first-order chi connectivity index (χ1) is 23.2. The fourth-order valence-electron chi connectivity index (χ4n) is 7.65. The molecule has 1 aromatic heterocycles. The smallest absolute Gasteiger partial charge is 0.410 e. The second-order valence-corrected chi connectivity index (χ2v) is 17.2. The number of anilines is 3. The van der Waals surface area contributed by atoms with Gasteiger partial charge in [-0.3, -0.25) is 0 Å². The number of aromatic nitrogens is 2. The van der Waals surface area contributed by atoms with Crippen molar-refractivity contribution in [2.45, 2.75) is 129 Å². The Bertz CT molecular complexity index is 1240. The molecule has 2 amide bonds. The van der Waals surface area contributed by atoms with Crippen LogP contribution < -0.4 is 21.3 Å². The summed E-state index contributed by atoms with van der Waals surface area (Å²) >= 11 is 0. The second kappa shape index (κ2) is 15.9. The van der Waals surface area contributed by atoms with E-state index in [-0.39, 0.29) is 23.6 Å². The molecule has 0 unspecified atom stereocenters. The number of carbonyl (C=O) groups excluding carboxylic acids is 2. The maximum Gasteiger partial charge on any atom is 0.410 e. The van der Waals surface area contributed by atoms with Crippen LogP contribution in [-0.4, -0.2) is 102 Å². The zero-order valence-corrected chi connectivity index (χ0v) is 31.2. The van der Waals surface area contributed by atoms with Gasteiger partial charge in [0.2, 0.25) is 5.95 Å². The van der Waals surface area contributed by atoms with Gasteiger partial charge in [-0.05, 0) is 105 Å². The minimum absolute atomic E-state index is 0.118. The van der Waals surface area contributed by atoms with E-state index < -0.39 is 11.2 Å². The predicted molar refractivity (Wildman–Crippen MR) is 195 cm³/mol. The van der Waals surface area contributed by atoms with Gasteiger partial charge in [-0.25, -0.2) is 9.59 Å². The molecular formula is C37H64N8O4. The number of hydrogen-bond acceptors (Lipinski definition) is 10. The van der Waals surface area contributed by atoms with E-state index in [0.717, 1.165) is 103 Å². The van der Waals surface area contributed by atoms with Crippen molar-refractivity contribution in [1.29, 1.82) is 0 Å². The number of nitrogens with zero attached hydrogens (tertiary/aromatic N) is 5. The molecule has 49 heavy (non-hydrogen) atoms. The van der Waals surface area contributed by atoms with Gasteiger partial charge in [0.15, 0.2) is 0 Å². The summed E-state index contributed by atoms with van der Waals surface area (Å²) in [5.74, 6) is 2.87. The highest BCUT2D eigenvalue weighted by molar-refractivity contribution is 5.69. The van der Waals surface area contributed by atoms with Crippen LogP contribution in [0.5, 0.6) is 0 Å². The molecule has 2 heterocycles. The van der Waals surface area contributed by atoms with Gasteiger partial charge in [0.05, 0.1) is 0 Å². The molecular weight excluding hydrogens is 620 g/mol. The zero-order chi connectivity index (χ0) is 35.2. The predicted octanol–water partition coefficient (Wildman–Crippen LogP) is 6.27. The molecule has 0 atom stereocenters. The summed E-state index contributed by atoms with van der Waals surface area (Å²) in [7, 11) is 0. The van der Waals surface area contributed by atoms with E-state index in [2.05, 4.69) is 20.5 Å². The minimum atomic E-state index is -0.576. The van der Waals surface area contributed by atoms with E-state index in [1.54, 1.807) is 0 Å². The number of nitrogen functional groups attached to an aromatic ring is 1. The van der Waals surface area contributed by atoms with Crippen molar-refractivity contribution in [3.8, 4) is 0 Å². The number of nitrogens with one attached hydrogen (secondary N) is 2. The topological polar surface area (TPSA) is 138 Å². The zero-order valence-electron chi connectivity index (χ0n) is 31.2. The summed E-state index contributed by atoms with van der Waals surface area (Å²) in [6.45, 7) is 18.0. The van der Waals surface area contributed by atoms with Gasteiger partial charge >= 0.3 is 12.2 Å². The molecule has 3 aliphatic carbocycles. The molecule has 4 aliphatic rings. The maximum absolute atomic E-state index is 13.7. The molecule has 0 bridgehead atoms. The molecule has 0 radical (unpaired) electrons. The lowest BCUT2D eigenvalue weighted by Gasteiger charge is -2.40. The first-order valence-electron chi connectivity index (χ1n) is 19.0. The number of amides is 2. The third-order valence-corrected chi connectivity index (χ3v) is 10.5. The fourth-order valence-corrected chi connectivity index (χ4v) is 7.65. The molecule has 12 heteroatoms. The minimum Gasteiger partial charge on any atom is -0.444 e. The van der Waals surface area contributed by atoms with Crippen LogP contribution >= 0.6 is 0 Å². The average molecular weight is 685 g/mol. The Morgan fingerprint density at radius 2 is 1.51 bits per heavy atom. The van der Waals surface area contributed by atoms with E-state index >= 15 is 0 Å². The van der Waals surface area contributed by atoms with Gasteiger partial charge < -0.3 is 40.5 Å². The normalized spacial score (nSPS) is 23.0. The van der Waals surface area contributed by atoms with Crippen LogP contribution in [0.4, 0.5) is 27.2 Å². The van der Waals surface area contributed by atoms with Gasteiger partial charge in [0, 0.05) is 69.9 Å². The van der Waals surface area contributed by atoms with E-state index in [9.17, 15) is 9.59 Å². The molecule has 1 saturated heterocycles. The summed E-state index contributed by atoms with van der Waals surface area (Å²) < 4.78 is 11.9. The lowest BCUT2D eigenvalue weighted by Crippen LogP contribution is -2.50. The van der Waals surface area contributed by atoms with Crippen LogP contribution in [0.1, 0.15) is 112 Å². The maximum atomic E-state index is 13.7. The number of piperazine rings is 1. The summed E-state index contributed by atoms with van der Waals surface area (Å²) in [5, 5.41) is 6.85. The summed E-state index contributed by atoms with van der Waals surface area (Å²) in [5.41, 5.74) is 4.91. The second-order valence-electron chi connectivity index (χ2n) is 17.2. The fraction of sp³-hybridized carbons (Fsp3) is 0.838. The van der Waals surface area contributed by atoms with Crippen LogP contribution in [-0.2, 0) is 9.47 Å². The third kappa shape index (κ3) is 11.5. The van der Waals surface area contributed by atoms with Crippen molar-refractivity contribution in [3.05, 3.63) is 6.07 Å². The van der Waals surface area contributed by atoms with Gasteiger partial charge in [-0.2, -0.15) is 9.97 Å². The Kier molecular flexibility index (Phi) is 12.1. The van der Waals surface area contributed by atoms with Crippen LogP contribution in [0, 0.1) is 17.3 Å². The summed E-state index contributed by atoms with van der Waals surface area (Å²) in [4.78, 5) is 42.7. The monoisotopic (exact) mass is 685 g/mol. The van der Waals surface area contributed by atoms with Gasteiger partial charge in [-0.1, -0.05) is 19.3 Å². The highest BCUT2D eigenvalue weighted by Crippen LogP contribution is 2.48. The van der Waals surface area contributed by atoms with Crippen LogP contribution in [0.25, 0.3) is 0 Å². The van der Waals surface area contributed by atoms with Crippen molar-refractivity contribution in [3.63, 3.8) is 0 Å². The standard InChI is InChI=1S/C37H64N8O4/c1-35(2,3)48-33(46)44(25-37(16-17-37)26-45(29-10-8-7-9-11-29)34(47)49-36(4,5)6)24-28-14-12-27(13-15-28)23-40-32-41-30(38)22-31(42-32)43-20-18-39-19-21-43/h22,27-29,39H,7-21,23-26H2,1-6H3,(H3,38,40,41,42). The van der Waals surface area contributed by atoms with E-state index in [1.165, 1.54) is 6.42 Å². The third-order valence-electron chi connectivity index (χ3n) is 10.5. The van der Waals surface area contributed by atoms with Crippen molar-refractivity contribution >= 4 is 29.8 Å². The lowest BCUT2D eigenvalue weighted by molar-refractivity contribution is 0.0000111. The van der Waals surface area contributed by atoms with E-state index in [4.69, 9.17) is 20.2 Å². The van der Waals surface area contributed by atoms with Crippen molar-refractivity contribution in [1.82, 2.24) is 25.1 Å². The molecule has 0 spiro atoms. The van der Waals surface area contributed by atoms with Crippen molar-refractivity contribution in [2.75, 3.05) is 68.3 Å². The van der Waals surface area contributed by atoms with Gasteiger partial charge in [0.25, 0.3) is 0 Å². The molecule has 1 aromatic rings. The van der Waals surface area contributed by atoms with Crippen LogP contribution in [0.2, 0.25) is 0 Å².